The Hall–Kier alpha value is -2.18. The smallest absolute Gasteiger partial charge is 0.125 e. The van der Waals surface area contributed by atoms with Gasteiger partial charge >= 0.3 is 0 Å². The topological polar surface area (TPSA) is 25.8 Å². The van der Waals surface area contributed by atoms with Crippen LogP contribution in [0, 0.1) is 12.3 Å². The lowest BCUT2D eigenvalue weighted by atomic mass is 10.2. The Labute approximate surface area is 103 Å². The van der Waals surface area contributed by atoms with Crippen molar-refractivity contribution in [2.45, 2.75) is 0 Å². The van der Waals surface area contributed by atoms with Crippen molar-refractivity contribution in [3.05, 3.63) is 48.4 Å². The van der Waals surface area contributed by atoms with Crippen molar-refractivity contribution in [1.82, 2.24) is 9.97 Å². The van der Waals surface area contributed by atoms with Crippen molar-refractivity contribution in [1.29, 1.82) is 0 Å². The summed E-state index contributed by atoms with van der Waals surface area (Å²) >= 11 is 1.63. The molecule has 0 fully saturated rings. The maximum absolute atomic E-state index is 5.34. The van der Waals surface area contributed by atoms with Gasteiger partial charge in [0.25, 0.3) is 0 Å². The van der Waals surface area contributed by atoms with Gasteiger partial charge in [0, 0.05) is 28.2 Å². The molecule has 0 saturated heterocycles. The first-order valence-corrected chi connectivity index (χ1v) is 5.96. The second kappa shape index (κ2) is 4.00. The summed E-state index contributed by atoms with van der Waals surface area (Å²) in [6, 6.07) is 9.96. The van der Waals surface area contributed by atoms with Crippen molar-refractivity contribution < 1.29 is 0 Å². The lowest BCUT2D eigenvalue weighted by Gasteiger charge is -1.92. The molecule has 0 aliphatic rings. The Bertz CT molecular complexity index is 708. The summed E-state index contributed by atoms with van der Waals surface area (Å²) in [4.78, 5) is 10.7. The fraction of sp³-hybridized carbons (Fsp3) is 0. The molecule has 17 heavy (non-hydrogen) atoms. The minimum atomic E-state index is 0.678. The van der Waals surface area contributed by atoms with E-state index in [9.17, 15) is 0 Å². The van der Waals surface area contributed by atoms with E-state index in [0.29, 0.717) is 5.69 Å². The number of thiophene rings is 1. The number of hydrogen-bond acceptors (Lipinski definition) is 3. The predicted octanol–water partition coefficient (Wildman–Crippen LogP) is 3.34. The van der Waals surface area contributed by atoms with E-state index in [1.54, 1.807) is 17.5 Å². The van der Waals surface area contributed by atoms with Gasteiger partial charge in [0.1, 0.15) is 10.5 Å². The first kappa shape index (κ1) is 10.0. The van der Waals surface area contributed by atoms with Gasteiger partial charge in [-0.05, 0) is 24.3 Å². The normalized spacial score (nSPS) is 10.3. The van der Waals surface area contributed by atoms with Crippen LogP contribution in [0.25, 0.3) is 20.7 Å². The summed E-state index contributed by atoms with van der Waals surface area (Å²) in [6.45, 7) is 0. The molecule has 0 N–H and O–H groups in total. The molecule has 3 aromatic rings. The third-order valence-corrected chi connectivity index (χ3v) is 3.57. The van der Waals surface area contributed by atoms with Crippen LogP contribution in [0.15, 0.2) is 42.7 Å². The van der Waals surface area contributed by atoms with Gasteiger partial charge < -0.3 is 0 Å². The molecule has 0 aliphatic heterocycles. The second-order valence-corrected chi connectivity index (χ2v) is 4.62. The first-order valence-electron chi connectivity index (χ1n) is 5.14. The Kier molecular flexibility index (Phi) is 2.36. The molecule has 0 aliphatic carbocycles. The van der Waals surface area contributed by atoms with E-state index in [0.717, 1.165) is 20.7 Å². The van der Waals surface area contributed by atoms with Crippen LogP contribution in [0.2, 0.25) is 0 Å². The van der Waals surface area contributed by atoms with E-state index in [4.69, 9.17) is 6.42 Å². The van der Waals surface area contributed by atoms with Crippen LogP contribution in [-0.4, -0.2) is 9.97 Å². The molecule has 0 atom stereocenters. The molecule has 0 amide bonds. The highest BCUT2D eigenvalue weighted by Crippen LogP contribution is 2.31. The van der Waals surface area contributed by atoms with Crippen LogP contribution >= 0.6 is 11.3 Å². The van der Waals surface area contributed by atoms with Gasteiger partial charge in [0.2, 0.25) is 0 Å². The summed E-state index contributed by atoms with van der Waals surface area (Å²) in [5, 5.41) is 1.12. The van der Waals surface area contributed by atoms with Crippen LogP contribution in [0.5, 0.6) is 0 Å². The lowest BCUT2D eigenvalue weighted by Crippen LogP contribution is -1.78. The van der Waals surface area contributed by atoms with Gasteiger partial charge in [-0.15, -0.1) is 17.8 Å². The van der Waals surface area contributed by atoms with Crippen LogP contribution < -0.4 is 0 Å². The third-order valence-electron chi connectivity index (χ3n) is 2.48. The average Bonchev–Trinajstić information content (AvgIpc) is 2.82. The molecule has 0 bridgehead atoms. The molecule has 2 nitrogen and oxygen atoms in total. The third kappa shape index (κ3) is 1.79. The van der Waals surface area contributed by atoms with Crippen LogP contribution in [0.4, 0.5) is 0 Å². The average molecular weight is 236 g/mol. The number of hydrogen-bond donors (Lipinski definition) is 0. The Morgan fingerprint density at radius 3 is 2.94 bits per heavy atom. The van der Waals surface area contributed by atoms with E-state index in [-0.39, 0.29) is 0 Å². The van der Waals surface area contributed by atoms with E-state index < -0.39 is 0 Å². The van der Waals surface area contributed by atoms with Crippen molar-refractivity contribution in [2.75, 3.05) is 0 Å². The number of fused-ring (bicyclic) bond motifs is 1. The molecule has 3 heterocycles. The number of aromatic nitrogens is 2. The fourth-order valence-electron chi connectivity index (χ4n) is 1.65. The minimum absolute atomic E-state index is 0.678. The number of nitrogens with zero attached hydrogens (tertiary/aromatic N) is 2. The van der Waals surface area contributed by atoms with Crippen molar-refractivity contribution >= 4 is 21.6 Å². The van der Waals surface area contributed by atoms with Crippen molar-refractivity contribution in [2.24, 2.45) is 0 Å². The van der Waals surface area contributed by atoms with Gasteiger partial charge in [0.05, 0.1) is 0 Å². The van der Waals surface area contributed by atoms with Gasteiger partial charge in [-0.25, -0.2) is 4.98 Å². The first-order chi connectivity index (χ1) is 8.36. The number of terminal acetylenes is 1. The highest BCUT2D eigenvalue weighted by atomic mass is 32.1. The second-order valence-electron chi connectivity index (χ2n) is 3.59. The molecule has 0 spiro atoms. The number of pyridine rings is 2. The molecular weight excluding hydrogens is 228 g/mol. The van der Waals surface area contributed by atoms with E-state index in [1.165, 1.54) is 0 Å². The molecular formula is C14H8N2S. The van der Waals surface area contributed by atoms with Crippen LogP contribution in [0.3, 0.4) is 0 Å². The summed E-state index contributed by atoms with van der Waals surface area (Å²) in [7, 11) is 0. The van der Waals surface area contributed by atoms with Gasteiger partial charge in [0.15, 0.2) is 0 Å². The van der Waals surface area contributed by atoms with Gasteiger partial charge in [-0.1, -0.05) is 12.0 Å². The Morgan fingerprint density at radius 2 is 2.18 bits per heavy atom. The summed E-state index contributed by atoms with van der Waals surface area (Å²) in [5.41, 5.74) is 1.79. The number of rotatable bonds is 1. The highest BCUT2D eigenvalue weighted by Gasteiger charge is 2.05. The molecule has 3 aromatic heterocycles. The van der Waals surface area contributed by atoms with Crippen molar-refractivity contribution in [3.63, 3.8) is 0 Å². The summed E-state index contributed by atoms with van der Waals surface area (Å²) < 4.78 is 0. The predicted molar refractivity (Wildman–Crippen MR) is 70.8 cm³/mol. The van der Waals surface area contributed by atoms with E-state index in [1.807, 2.05) is 30.5 Å². The molecule has 80 valence electrons. The van der Waals surface area contributed by atoms with E-state index >= 15 is 0 Å². The largest absolute Gasteiger partial charge is 0.264 e. The van der Waals surface area contributed by atoms with Crippen molar-refractivity contribution in [3.8, 4) is 22.8 Å². The minimum Gasteiger partial charge on any atom is -0.264 e. The maximum atomic E-state index is 5.34. The SMILES string of the molecule is C#Cc1ccc2cc(-c3cccnc3)sc2n1. The maximum Gasteiger partial charge on any atom is 0.125 e. The highest BCUT2D eigenvalue weighted by molar-refractivity contribution is 7.21. The molecule has 3 rings (SSSR count). The summed E-state index contributed by atoms with van der Waals surface area (Å²) in [6.07, 6.45) is 8.96. The molecule has 3 heteroatoms. The standard InChI is InChI=1S/C14H8N2S/c1-2-12-6-5-10-8-13(17-14(10)16-12)11-4-3-7-15-9-11/h1,3-9H. The van der Waals surface area contributed by atoms with Crippen LogP contribution in [0.1, 0.15) is 5.69 Å². The van der Waals surface area contributed by atoms with E-state index in [2.05, 4.69) is 22.0 Å². The zero-order valence-corrected chi connectivity index (χ0v) is 9.74. The molecule has 0 radical (unpaired) electrons. The van der Waals surface area contributed by atoms with Gasteiger partial charge in [-0.3, -0.25) is 4.98 Å². The molecule has 0 saturated carbocycles. The zero-order valence-electron chi connectivity index (χ0n) is 8.92. The molecule has 0 unspecified atom stereocenters. The molecule has 0 aromatic carbocycles. The van der Waals surface area contributed by atoms with Gasteiger partial charge in [-0.2, -0.15) is 0 Å². The lowest BCUT2D eigenvalue weighted by molar-refractivity contribution is 1.33. The zero-order chi connectivity index (χ0) is 11.7. The summed E-state index contributed by atoms with van der Waals surface area (Å²) in [5.74, 6) is 2.55. The Balaban J connectivity index is 2.18. The quantitative estimate of drug-likeness (QED) is 0.606. The fourth-order valence-corrected chi connectivity index (χ4v) is 2.67. The van der Waals surface area contributed by atoms with Crippen LogP contribution in [-0.2, 0) is 0 Å². The monoisotopic (exact) mass is 236 g/mol. The Morgan fingerprint density at radius 1 is 1.24 bits per heavy atom.